The third kappa shape index (κ3) is 3.69. The smallest absolute Gasteiger partial charge is 0.270 e. The molecule has 0 saturated carbocycles. The summed E-state index contributed by atoms with van der Waals surface area (Å²) in [5.74, 6) is 8.24. The van der Waals surface area contributed by atoms with Crippen molar-refractivity contribution in [3.05, 3.63) is 57.6 Å². The van der Waals surface area contributed by atoms with Gasteiger partial charge in [-0.15, -0.1) is 10.2 Å². The molecule has 0 amide bonds. The summed E-state index contributed by atoms with van der Waals surface area (Å²) in [6.45, 7) is 0.368. The summed E-state index contributed by atoms with van der Waals surface area (Å²) < 4.78 is 17.5. The molecule has 0 atom stereocenters. The molecule has 0 spiro atoms. The fourth-order valence-corrected chi connectivity index (χ4v) is 3.85. The predicted molar refractivity (Wildman–Crippen MR) is 105 cm³/mol. The number of rotatable bonds is 6. The van der Waals surface area contributed by atoms with Gasteiger partial charge in [0.1, 0.15) is 11.5 Å². The lowest BCUT2D eigenvalue weighted by molar-refractivity contribution is -0.385. The number of methoxy groups -OCH3 is 1. The van der Waals surface area contributed by atoms with E-state index < -0.39 is 4.92 Å². The number of nitrogens with two attached hydrogens (primary N) is 1. The Morgan fingerprint density at radius 3 is 2.97 bits per heavy atom. The van der Waals surface area contributed by atoms with Gasteiger partial charge in [-0.2, -0.15) is 0 Å². The van der Waals surface area contributed by atoms with Gasteiger partial charge in [-0.1, -0.05) is 23.9 Å². The summed E-state index contributed by atoms with van der Waals surface area (Å²) in [6, 6.07) is 10.3. The average molecular weight is 415 g/mol. The third-order valence-electron chi connectivity index (χ3n) is 4.35. The van der Waals surface area contributed by atoms with Crippen LogP contribution < -0.4 is 15.3 Å². The van der Waals surface area contributed by atoms with Crippen LogP contribution in [0.25, 0.3) is 11.4 Å². The van der Waals surface area contributed by atoms with Gasteiger partial charge < -0.3 is 20.1 Å². The maximum atomic E-state index is 11.2. The summed E-state index contributed by atoms with van der Waals surface area (Å²) in [6.07, 6.45) is 0. The largest absolute Gasteiger partial charge is 0.496 e. The Labute approximate surface area is 169 Å². The molecule has 0 fully saturated rings. The molecule has 150 valence electrons. The summed E-state index contributed by atoms with van der Waals surface area (Å²) in [4.78, 5) is 10.8. The van der Waals surface area contributed by atoms with Crippen molar-refractivity contribution >= 4 is 17.4 Å². The number of aromatic nitrogens is 3. The molecule has 2 aromatic carbocycles. The molecule has 0 unspecified atom stereocenters. The fourth-order valence-electron chi connectivity index (χ4n) is 3.02. The summed E-state index contributed by atoms with van der Waals surface area (Å²) in [5, 5.41) is 20.0. The lowest BCUT2D eigenvalue weighted by Crippen LogP contribution is -2.14. The topological polar surface area (TPSA) is 128 Å². The van der Waals surface area contributed by atoms with Crippen molar-refractivity contribution in [2.24, 2.45) is 0 Å². The minimum Gasteiger partial charge on any atom is -0.496 e. The maximum absolute atomic E-state index is 11.2. The first-order valence-electron chi connectivity index (χ1n) is 8.56. The molecule has 4 rings (SSSR count). The molecule has 10 nitrogen and oxygen atoms in total. The van der Waals surface area contributed by atoms with Gasteiger partial charge in [0, 0.05) is 29.0 Å². The van der Waals surface area contributed by atoms with Crippen LogP contribution in [0.5, 0.6) is 11.5 Å². The molecule has 2 heterocycles. The number of nitro groups is 1. The minimum atomic E-state index is -0.436. The summed E-state index contributed by atoms with van der Waals surface area (Å²) >= 11 is 1.30. The van der Waals surface area contributed by atoms with Gasteiger partial charge in [-0.3, -0.25) is 10.1 Å². The highest BCUT2D eigenvalue weighted by atomic mass is 32.2. The lowest BCUT2D eigenvalue weighted by atomic mass is 10.1. The number of nitro benzene ring substituents is 1. The number of non-ortho nitro benzene ring substituents is 1. The van der Waals surface area contributed by atoms with Crippen molar-refractivity contribution in [2.45, 2.75) is 17.5 Å². The number of ether oxygens (including phenoxy) is 3. The Bertz CT molecular complexity index is 1070. The highest BCUT2D eigenvalue weighted by Crippen LogP contribution is 2.36. The van der Waals surface area contributed by atoms with E-state index in [4.69, 9.17) is 20.1 Å². The lowest BCUT2D eigenvalue weighted by Gasteiger charge is -2.20. The monoisotopic (exact) mass is 415 g/mol. The van der Waals surface area contributed by atoms with Gasteiger partial charge in [-0.05, 0) is 12.1 Å². The van der Waals surface area contributed by atoms with Crippen LogP contribution in [-0.2, 0) is 17.1 Å². The molecule has 0 aliphatic carbocycles. The normalized spacial score (nSPS) is 12.9. The van der Waals surface area contributed by atoms with Crippen LogP contribution in [0.15, 0.2) is 41.6 Å². The van der Waals surface area contributed by atoms with Crippen LogP contribution in [-0.4, -0.2) is 33.7 Å². The van der Waals surface area contributed by atoms with Crippen molar-refractivity contribution in [3.8, 4) is 22.9 Å². The molecule has 0 bridgehead atoms. The maximum Gasteiger partial charge on any atom is 0.270 e. The van der Waals surface area contributed by atoms with Crippen LogP contribution in [0.4, 0.5) is 5.69 Å². The Morgan fingerprint density at radius 1 is 1.34 bits per heavy atom. The number of hydrogen-bond acceptors (Lipinski definition) is 9. The predicted octanol–water partition coefficient (Wildman–Crippen LogP) is 2.73. The molecule has 1 aliphatic heterocycles. The van der Waals surface area contributed by atoms with E-state index in [9.17, 15) is 10.1 Å². The number of benzene rings is 2. The number of thioether (sulfide) groups is 1. The molecule has 29 heavy (non-hydrogen) atoms. The molecular formula is C18H17N5O5S. The Hall–Kier alpha value is -3.31. The van der Waals surface area contributed by atoms with Crippen LogP contribution in [0.1, 0.15) is 11.1 Å². The molecule has 1 aliphatic rings. The van der Waals surface area contributed by atoms with Gasteiger partial charge >= 0.3 is 0 Å². The van der Waals surface area contributed by atoms with Crippen LogP contribution >= 0.6 is 11.8 Å². The van der Waals surface area contributed by atoms with E-state index in [1.807, 2.05) is 24.3 Å². The zero-order valence-electron chi connectivity index (χ0n) is 15.4. The number of para-hydroxylation sites is 1. The van der Waals surface area contributed by atoms with Gasteiger partial charge in [0.05, 0.1) is 24.2 Å². The van der Waals surface area contributed by atoms with Crippen molar-refractivity contribution in [2.75, 3.05) is 19.7 Å². The van der Waals surface area contributed by atoms with E-state index >= 15 is 0 Å². The Morgan fingerprint density at radius 2 is 2.17 bits per heavy atom. The van der Waals surface area contributed by atoms with E-state index in [1.165, 1.54) is 28.6 Å². The number of fused-ring (bicyclic) bond motifs is 1. The van der Waals surface area contributed by atoms with Crippen molar-refractivity contribution in [1.29, 1.82) is 0 Å². The van der Waals surface area contributed by atoms with E-state index in [0.29, 0.717) is 44.9 Å². The Balaban J connectivity index is 1.61. The minimum absolute atomic E-state index is 0.0163. The standard InChI is InChI=1S/C18H17N5O5S/c1-26-15-5-3-2-4-14(15)17-20-21-18(22(17)19)29-9-12-7-13(23(24)25)6-11-8-27-10-28-16(11)12/h2-7H,8-10,19H2,1H3. The van der Waals surface area contributed by atoms with Crippen molar-refractivity contribution in [1.82, 2.24) is 14.9 Å². The summed E-state index contributed by atoms with van der Waals surface area (Å²) in [5.41, 5.74) is 2.01. The first-order chi connectivity index (χ1) is 14.1. The molecule has 0 saturated heterocycles. The number of hydrogen-bond donors (Lipinski definition) is 1. The van der Waals surface area contributed by atoms with E-state index in [2.05, 4.69) is 10.2 Å². The molecular weight excluding hydrogens is 398 g/mol. The zero-order valence-corrected chi connectivity index (χ0v) is 16.2. The van der Waals surface area contributed by atoms with Gasteiger partial charge in [-0.25, -0.2) is 4.68 Å². The highest BCUT2D eigenvalue weighted by molar-refractivity contribution is 7.98. The van der Waals surface area contributed by atoms with E-state index in [1.54, 1.807) is 7.11 Å². The summed E-state index contributed by atoms with van der Waals surface area (Å²) in [7, 11) is 1.57. The van der Waals surface area contributed by atoms with Crippen molar-refractivity contribution < 1.29 is 19.1 Å². The Kier molecular flexibility index (Phi) is 5.23. The quantitative estimate of drug-likeness (QED) is 0.280. The van der Waals surface area contributed by atoms with E-state index in [-0.39, 0.29) is 19.1 Å². The fraction of sp³-hybridized carbons (Fsp3) is 0.222. The number of nitrogens with zero attached hydrogens (tertiary/aromatic N) is 4. The van der Waals surface area contributed by atoms with Crippen molar-refractivity contribution in [3.63, 3.8) is 0 Å². The zero-order chi connectivity index (χ0) is 20.4. The molecule has 11 heteroatoms. The number of nitrogen functional groups attached to an aromatic ring is 1. The second-order valence-corrected chi connectivity index (χ2v) is 7.07. The molecule has 1 aromatic heterocycles. The van der Waals surface area contributed by atoms with Gasteiger partial charge in [0.2, 0.25) is 5.16 Å². The van der Waals surface area contributed by atoms with Crippen LogP contribution in [0, 0.1) is 10.1 Å². The third-order valence-corrected chi connectivity index (χ3v) is 5.34. The van der Waals surface area contributed by atoms with Crippen LogP contribution in [0.2, 0.25) is 0 Å². The average Bonchev–Trinajstić information content (AvgIpc) is 3.11. The molecule has 0 radical (unpaired) electrons. The van der Waals surface area contributed by atoms with E-state index in [0.717, 1.165) is 0 Å². The second-order valence-electron chi connectivity index (χ2n) is 6.13. The van der Waals surface area contributed by atoms with Gasteiger partial charge in [0.15, 0.2) is 12.6 Å². The van der Waals surface area contributed by atoms with Gasteiger partial charge in [0.25, 0.3) is 5.69 Å². The molecule has 2 N–H and O–H groups in total. The first-order valence-corrected chi connectivity index (χ1v) is 9.54. The SMILES string of the molecule is COc1ccccc1-c1nnc(SCc2cc([N+](=O)[O-])cc3c2OCOC3)n1N. The van der Waals surface area contributed by atoms with Crippen LogP contribution in [0.3, 0.4) is 0 Å². The molecule has 3 aromatic rings. The first kappa shape index (κ1) is 19.0. The highest BCUT2D eigenvalue weighted by Gasteiger charge is 2.22. The second kappa shape index (κ2) is 7.97.